The molecule has 9 heteroatoms. The van der Waals surface area contributed by atoms with Crippen molar-refractivity contribution in [1.29, 1.82) is 0 Å². The van der Waals surface area contributed by atoms with Crippen molar-refractivity contribution < 1.29 is 9.47 Å². The maximum atomic E-state index is 5.44. The SMILES string of the molecule is COc1ccc(-c2nc(CSc3nnc(CN4CCCC4)n3-c3ccccc3)cs2)cc1OC. The number of hydrogen-bond acceptors (Lipinski definition) is 8. The molecule has 0 spiro atoms. The van der Waals surface area contributed by atoms with E-state index < -0.39 is 0 Å². The molecule has 5 rings (SSSR count). The normalized spacial score (nSPS) is 13.9. The summed E-state index contributed by atoms with van der Waals surface area (Å²) >= 11 is 3.29. The minimum Gasteiger partial charge on any atom is -0.493 e. The van der Waals surface area contributed by atoms with E-state index in [0.717, 1.165) is 58.3 Å². The van der Waals surface area contributed by atoms with Gasteiger partial charge in [0.1, 0.15) is 5.01 Å². The lowest BCUT2D eigenvalue weighted by molar-refractivity contribution is 0.319. The third-order valence-electron chi connectivity index (χ3n) is 5.81. The van der Waals surface area contributed by atoms with Crippen LogP contribution in [0.5, 0.6) is 11.5 Å². The Bertz CT molecular complexity index is 1240. The summed E-state index contributed by atoms with van der Waals surface area (Å²) < 4.78 is 13.0. The first-order chi connectivity index (χ1) is 16.7. The van der Waals surface area contributed by atoms with E-state index in [1.807, 2.05) is 24.3 Å². The summed E-state index contributed by atoms with van der Waals surface area (Å²) in [7, 11) is 3.29. The molecule has 34 heavy (non-hydrogen) atoms. The topological polar surface area (TPSA) is 65.3 Å². The van der Waals surface area contributed by atoms with Gasteiger partial charge in [0, 0.05) is 22.4 Å². The fourth-order valence-corrected chi connectivity index (χ4v) is 5.87. The maximum Gasteiger partial charge on any atom is 0.196 e. The molecule has 7 nitrogen and oxygen atoms in total. The molecule has 0 aliphatic carbocycles. The van der Waals surface area contributed by atoms with Crippen LogP contribution in [0.25, 0.3) is 16.3 Å². The number of rotatable bonds is 9. The summed E-state index contributed by atoms with van der Waals surface area (Å²) in [5.41, 5.74) is 3.12. The van der Waals surface area contributed by atoms with Crippen molar-refractivity contribution in [3.63, 3.8) is 0 Å². The fourth-order valence-electron chi connectivity index (χ4n) is 4.09. The Hall–Kier alpha value is -2.88. The maximum absolute atomic E-state index is 5.44. The van der Waals surface area contributed by atoms with Gasteiger partial charge in [-0.25, -0.2) is 4.98 Å². The molecule has 2 aromatic carbocycles. The Balaban J connectivity index is 1.35. The highest BCUT2D eigenvalue weighted by Crippen LogP contribution is 2.34. The van der Waals surface area contributed by atoms with Gasteiger partial charge in [-0.2, -0.15) is 0 Å². The fraction of sp³-hybridized carbons (Fsp3) is 0.320. The van der Waals surface area contributed by atoms with Crippen molar-refractivity contribution in [3.8, 4) is 27.8 Å². The number of thiazole rings is 1. The van der Waals surface area contributed by atoms with Gasteiger partial charge in [-0.15, -0.1) is 21.5 Å². The Morgan fingerprint density at radius 1 is 0.971 bits per heavy atom. The standard InChI is InChI=1S/C25H27N5O2S2/c1-31-21-11-10-18(14-22(21)32-2)24-26-19(16-33-24)17-34-25-28-27-23(15-29-12-6-7-13-29)30(25)20-8-4-3-5-9-20/h3-5,8-11,14,16H,6-7,12-13,15,17H2,1-2H3. The van der Waals surface area contributed by atoms with Crippen LogP contribution >= 0.6 is 23.1 Å². The van der Waals surface area contributed by atoms with Gasteiger partial charge in [-0.1, -0.05) is 30.0 Å². The molecule has 2 aromatic heterocycles. The molecule has 0 N–H and O–H groups in total. The summed E-state index contributed by atoms with van der Waals surface area (Å²) in [5.74, 6) is 3.12. The zero-order valence-electron chi connectivity index (χ0n) is 19.3. The van der Waals surface area contributed by atoms with Crippen molar-refractivity contribution in [1.82, 2.24) is 24.6 Å². The monoisotopic (exact) mass is 493 g/mol. The van der Waals surface area contributed by atoms with Crippen LogP contribution in [0.15, 0.2) is 59.1 Å². The molecule has 0 saturated carbocycles. The number of para-hydroxylation sites is 1. The number of hydrogen-bond donors (Lipinski definition) is 0. The van der Waals surface area contributed by atoms with E-state index in [0.29, 0.717) is 11.5 Å². The van der Waals surface area contributed by atoms with Crippen molar-refractivity contribution in [3.05, 3.63) is 65.4 Å². The first-order valence-electron chi connectivity index (χ1n) is 11.3. The third kappa shape index (κ3) is 4.96. The highest BCUT2D eigenvalue weighted by atomic mass is 32.2. The number of ether oxygens (including phenoxy) is 2. The summed E-state index contributed by atoms with van der Waals surface area (Å²) in [5, 5.41) is 13.1. The molecule has 1 fully saturated rings. The van der Waals surface area contributed by atoms with E-state index in [4.69, 9.17) is 14.5 Å². The van der Waals surface area contributed by atoms with Gasteiger partial charge >= 0.3 is 0 Å². The lowest BCUT2D eigenvalue weighted by atomic mass is 10.2. The lowest BCUT2D eigenvalue weighted by Crippen LogP contribution is -2.21. The quantitative estimate of drug-likeness (QED) is 0.293. The summed E-state index contributed by atoms with van der Waals surface area (Å²) in [6.45, 7) is 3.08. The molecule has 1 aliphatic heterocycles. The third-order valence-corrected chi connectivity index (χ3v) is 7.71. The molecule has 1 saturated heterocycles. The first kappa shape index (κ1) is 22.9. The second kappa shape index (κ2) is 10.6. The van der Waals surface area contributed by atoms with Crippen LogP contribution in [0.3, 0.4) is 0 Å². The van der Waals surface area contributed by atoms with Crippen LogP contribution in [0.1, 0.15) is 24.4 Å². The molecular formula is C25H27N5O2S2. The van der Waals surface area contributed by atoms with E-state index in [-0.39, 0.29) is 0 Å². The van der Waals surface area contributed by atoms with Gasteiger partial charge in [0.25, 0.3) is 0 Å². The van der Waals surface area contributed by atoms with Crippen LogP contribution in [-0.4, -0.2) is 52.0 Å². The number of aromatic nitrogens is 4. The molecule has 0 atom stereocenters. The molecular weight excluding hydrogens is 466 g/mol. The second-order valence-electron chi connectivity index (χ2n) is 8.06. The largest absolute Gasteiger partial charge is 0.493 e. The number of thioether (sulfide) groups is 1. The summed E-state index contributed by atoms with van der Waals surface area (Å²) in [6, 6.07) is 16.2. The van der Waals surface area contributed by atoms with Gasteiger partial charge in [-0.05, 0) is 56.3 Å². The summed E-state index contributed by atoms with van der Waals surface area (Å²) in [4.78, 5) is 7.31. The second-order valence-corrected chi connectivity index (χ2v) is 9.86. The van der Waals surface area contributed by atoms with Gasteiger partial charge in [0.2, 0.25) is 0 Å². The van der Waals surface area contributed by atoms with E-state index in [1.165, 1.54) is 12.8 Å². The Morgan fingerprint density at radius 2 is 1.76 bits per heavy atom. The predicted molar refractivity (Wildman–Crippen MR) is 136 cm³/mol. The smallest absolute Gasteiger partial charge is 0.196 e. The zero-order chi connectivity index (χ0) is 23.3. The van der Waals surface area contributed by atoms with Crippen molar-refractivity contribution in [2.24, 2.45) is 0 Å². The van der Waals surface area contributed by atoms with Crippen LogP contribution in [0, 0.1) is 0 Å². The predicted octanol–water partition coefficient (Wildman–Crippen LogP) is 5.30. The van der Waals surface area contributed by atoms with Crippen molar-refractivity contribution in [2.75, 3.05) is 27.3 Å². The minimum absolute atomic E-state index is 0.701. The van der Waals surface area contributed by atoms with E-state index in [1.54, 1.807) is 37.3 Å². The molecule has 0 bridgehead atoms. The summed E-state index contributed by atoms with van der Waals surface area (Å²) in [6.07, 6.45) is 2.51. The Labute approximate surface area is 207 Å². The number of benzene rings is 2. The molecule has 0 unspecified atom stereocenters. The van der Waals surface area contributed by atoms with E-state index >= 15 is 0 Å². The minimum atomic E-state index is 0.701. The molecule has 176 valence electrons. The average molecular weight is 494 g/mol. The molecule has 0 radical (unpaired) electrons. The first-order valence-corrected chi connectivity index (χ1v) is 13.1. The zero-order valence-corrected chi connectivity index (χ0v) is 20.9. The van der Waals surface area contributed by atoms with E-state index in [2.05, 4.69) is 49.3 Å². The number of methoxy groups -OCH3 is 2. The van der Waals surface area contributed by atoms with Gasteiger partial charge in [-0.3, -0.25) is 9.47 Å². The molecule has 1 aliphatic rings. The highest BCUT2D eigenvalue weighted by molar-refractivity contribution is 7.98. The Kier molecular flexibility index (Phi) is 7.13. The molecule has 0 amide bonds. The highest BCUT2D eigenvalue weighted by Gasteiger charge is 2.20. The van der Waals surface area contributed by atoms with Crippen molar-refractivity contribution in [2.45, 2.75) is 30.3 Å². The lowest BCUT2D eigenvalue weighted by Gasteiger charge is -2.15. The molecule has 4 aromatic rings. The van der Waals surface area contributed by atoms with Gasteiger partial charge < -0.3 is 9.47 Å². The van der Waals surface area contributed by atoms with Gasteiger partial charge in [0.15, 0.2) is 22.5 Å². The Morgan fingerprint density at radius 3 is 2.53 bits per heavy atom. The molecule has 3 heterocycles. The number of likely N-dealkylation sites (tertiary alicyclic amines) is 1. The van der Waals surface area contributed by atoms with Crippen LogP contribution in [0.4, 0.5) is 0 Å². The van der Waals surface area contributed by atoms with Crippen LogP contribution in [-0.2, 0) is 12.3 Å². The van der Waals surface area contributed by atoms with Crippen LogP contribution < -0.4 is 9.47 Å². The van der Waals surface area contributed by atoms with E-state index in [9.17, 15) is 0 Å². The average Bonchev–Trinajstić information content (AvgIpc) is 3.65. The van der Waals surface area contributed by atoms with Crippen molar-refractivity contribution >= 4 is 23.1 Å². The number of nitrogens with zero attached hydrogens (tertiary/aromatic N) is 5. The van der Waals surface area contributed by atoms with Crippen LogP contribution in [0.2, 0.25) is 0 Å². The van der Waals surface area contributed by atoms with Gasteiger partial charge in [0.05, 0.1) is 26.5 Å².